The first-order valence-corrected chi connectivity index (χ1v) is 4.93. The molecule has 0 spiro atoms. The van der Waals surface area contributed by atoms with Crippen molar-refractivity contribution in [1.29, 1.82) is 0 Å². The Morgan fingerprint density at radius 2 is 1.75 bits per heavy atom. The zero-order valence-electron chi connectivity index (χ0n) is 9.61. The third-order valence-corrected chi connectivity index (χ3v) is 1.97. The molecule has 1 rings (SSSR count). The number of carbonyl (C=O) groups excluding carboxylic acids is 2. The minimum absolute atomic E-state index is 0.204. The predicted molar refractivity (Wildman–Crippen MR) is 60.0 cm³/mol. The second-order valence-electron chi connectivity index (χ2n) is 4.50. The van der Waals surface area contributed by atoms with E-state index in [2.05, 4.69) is 0 Å². The van der Waals surface area contributed by atoms with Crippen LogP contribution in [0.2, 0.25) is 0 Å². The normalized spacial score (nSPS) is 10.9. The first kappa shape index (κ1) is 12.2. The third-order valence-electron chi connectivity index (χ3n) is 1.97. The van der Waals surface area contributed by atoms with Gasteiger partial charge in [-0.05, 0) is 32.9 Å². The van der Waals surface area contributed by atoms with Crippen molar-refractivity contribution in [1.82, 2.24) is 0 Å². The summed E-state index contributed by atoms with van der Waals surface area (Å²) in [5.41, 5.74) is 4.76. The number of benzene rings is 1. The molecule has 0 heterocycles. The van der Waals surface area contributed by atoms with Crippen LogP contribution in [0.5, 0.6) is 5.75 Å². The van der Waals surface area contributed by atoms with E-state index >= 15 is 0 Å². The molecule has 86 valence electrons. The van der Waals surface area contributed by atoms with Crippen LogP contribution in [0.1, 0.15) is 31.1 Å². The lowest BCUT2D eigenvalue weighted by Crippen LogP contribution is -2.26. The van der Waals surface area contributed by atoms with Crippen molar-refractivity contribution in [2.45, 2.75) is 20.8 Å². The minimum Gasteiger partial charge on any atom is -0.425 e. The van der Waals surface area contributed by atoms with Crippen LogP contribution >= 0.6 is 0 Å². The number of nitrogens with two attached hydrogens (primary N) is 1. The maximum atomic E-state index is 11.6. The molecule has 1 amide bonds. The van der Waals surface area contributed by atoms with E-state index in [1.54, 1.807) is 39.0 Å². The predicted octanol–water partition coefficient (Wildman–Crippen LogP) is 1.74. The highest BCUT2D eigenvalue weighted by atomic mass is 16.5. The fraction of sp³-hybridized carbons (Fsp3) is 0.333. The number of primary amides is 1. The Hall–Kier alpha value is -1.84. The highest BCUT2D eigenvalue weighted by molar-refractivity contribution is 5.96. The van der Waals surface area contributed by atoms with E-state index in [-0.39, 0.29) is 11.3 Å². The Balaban J connectivity index is 2.98. The first-order chi connectivity index (χ1) is 7.32. The molecule has 4 nitrogen and oxygen atoms in total. The number of amides is 1. The highest BCUT2D eigenvalue weighted by Crippen LogP contribution is 2.22. The molecule has 0 aromatic heterocycles. The molecule has 1 aromatic carbocycles. The minimum atomic E-state index is -0.620. The summed E-state index contributed by atoms with van der Waals surface area (Å²) in [4.78, 5) is 22.7. The average Bonchev–Trinajstić information content (AvgIpc) is 2.16. The van der Waals surface area contributed by atoms with Gasteiger partial charge in [-0.15, -0.1) is 0 Å². The second kappa shape index (κ2) is 4.35. The summed E-state index contributed by atoms with van der Waals surface area (Å²) >= 11 is 0. The van der Waals surface area contributed by atoms with Crippen LogP contribution in [0.4, 0.5) is 0 Å². The Labute approximate surface area is 94.4 Å². The quantitative estimate of drug-likeness (QED) is 0.610. The summed E-state index contributed by atoms with van der Waals surface area (Å²) in [7, 11) is 0. The van der Waals surface area contributed by atoms with E-state index in [0.717, 1.165) is 0 Å². The van der Waals surface area contributed by atoms with Gasteiger partial charge in [-0.25, -0.2) is 0 Å². The number of esters is 1. The molecule has 4 heteroatoms. The number of carbonyl (C=O) groups is 2. The number of ether oxygens (including phenoxy) is 1. The third kappa shape index (κ3) is 2.82. The summed E-state index contributed by atoms with van der Waals surface area (Å²) in [5.74, 6) is -0.812. The zero-order chi connectivity index (χ0) is 12.3. The van der Waals surface area contributed by atoms with Crippen molar-refractivity contribution in [3.05, 3.63) is 29.8 Å². The van der Waals surface area contributed by atoms with Gasteiger partial charge in [0.15, 0.2) is 0 Å². The summed E-state index contributed by atoms with van der Waals surface area (Å²) in [5, 5.41) is 0. The molecule has 0 saturated heterocycles. The van der Waals surface area contributed by atoms with Crippen LogP contribution in [-0.4, -0.2) is 11.9 Å². The van der Waals surface area contributed by atoms with Crippen LogP contribution in [0.15, 0.2) is 24.3 Å². The molecule has 0 bridgehead atoms. The Morgan fingerprint density at radius 3 is 2.25 bits per heavy atom. The zero-order valence-corrected chi connectivity index (χ0v) is 9.61. The molecule has 16 heavy (non-hydrogen) atoms. The molecular weight excluding hydrogens is 206 g/mol. The molecule has 0 aliphatic carbocycles. The van der Waals surface area contributed by atoms with Crippen LogP contribution in [-0.2, 0) is 4.79 Å². The molecule has 0 fully saturated rings. The molecule has 0 aliphatic rings. The number of rotatable bonds is 2. The molecular formula is C12H15NO3. The van der Waals surface area contributed by atoms with Gasteiger partial charge in [0, 0.05) is 0 Å². The van der Waals surface area contributed by atoms with Crippen molar-refractivity contribution in [3.8, 4) is 5.75 Å². The van der Waals surface area contributed by atoms with Gasteiger partial charge in [-0.1, -0.05) is 12.1 Å². The van der Waals surface area contributed by atoms with Crippen molar-refractivity contribution in [2.24, 2.45) is 11.1 Å². The van der Waals surface area contributed by atoms with E-state index < -0.39 is 17.3 Å². The topological polar surface area (TPSA) is 69.4 Å². The largest absolute Gasteiger partial charge is 0.425 e. The van der Waals surface area contributed by atoms with E-state index in [4.69, 9.17) is 10.5 Å². The lowest BCUT2D eigenvalue weighted by molar-refractivity contribution is -0.143. The standard InChI is InChI=1S/C12H15NO3/c1-12(2,3)11(15)16-9-7-5-4-6-8(9)10(13)14/h4-7H,1-3H3,(H2,13,14). The molecule has 2 N–H and O–H groups in total. The number of para-hydroxylation sites is 1. The van der Waals surface area contributed by atoms with Gasteiger partial charge in [0.05, 0.1) is 11.0 Å². The fourth-order valence-electron chi connectivity index (χ4n) is 1.01. The molecule has 0 atom stereocenters. The van der Waals surface area contributed by atoms with E-state index in [1.165, 1.54) is 6.07 Å². The Morgan fingerprint density at radius 1 is 1.19 bits per heavy atom. The Bertz CT molecular complexity index is 419. The van der Waals surface area contributed by atoms with Crippen molar-refractivity contribution < 1.29 is 14.3 Å². The lowest BCUT2D eigenvalue weighted by atomic mass is 9.97. The molecule has 0 radical (unpaired) electrons. The highest BCUT2D eigenvalue weighted by Gasteiger charge is 2.25. The second-order valence-corrected chi connectivity index (χ2v) is 4.50. The maximum Gasteiger partial charge on any atom is 0.316 e. The van der Waals surface area contributed by atoms with Gasteiger partial charge in [-0.2, -0.15) is 0 Å². The maximum absolute atomic E-state index is 11.6. The summed E-state index contributed by atoms with van der Waals surface area (Å²) in [6.07, 6.45) is 0. The lowest BCUT2D eigenvalue weighted by Gasteiger charge is -2.17. The van der Waals surface area contributed by atoms with Crippen molar-refractivity contribution in [3.63, 3.8) is 0 Å². The van der Waals surface area contributed by atoms with Gasteiger partial charge < -0.3 is 10.5 Å². The average molecular weight is 221 g/mol. The van der Waals surface area contributed by atoms with Crippen LogP contribution in [0.3, 0.4) is 0 Å². The monoisotopic (exact) mass is 221 g/mol. The van der Waals surface area contributed by atoms with Crippen molar-refractivity contribution >= 4 is 11.9 Å². The van der Waals surface area contributed by atoms with Gasteiger partial charge in [0.2, 0.25) is 0 Å². The van der Waals surface area contributed by atoms with Gasteiger partial charge >= 0.3 is 5.97 Å². The van der Waals surface area contributed by atoms with Crippen molar-refractivity contribution in [2.75, 3.05) is 0 Å². The molecule has 0 unspecified atom stereocenters. The SMILES string of the molecule is CC(C)(C)C(=O)Oc1ccccc1C(N)=O. The Kier molecular flexibility index (Phi) is 3.32. The first-order valence-electron chi connectivity index (χ1n) is 4.93. The molecule has 0 aliphatic heterocycles. The number of hydrogen-bond donors (Lipinski definition) is 1. The van der Waals surface area contributed by atoms with Gasteiger partial charge in [-0.3, -0.25) is 9.59 Å². The van der Waals surface area contributed by atoms with E-state index in [0.29, 0.717) is 0 Å². The van der Waals surface area contributed by atoms with E-state index in [1.807, 2.05) is 0 Å². The van der Waals surface area contributed by atoms with Crippen LogP contribution < -0.4 is 10.5 Å². The molecule has 0 saturated carbocycles. The summed E-state index contributed by atoms with van der Waals surface area (Å²) in [6.45, 7) is 5.21. The van der Waals surface area contributed by atoms with Crippen LogP contribution in [0, 0.1) is 5.41 Å². The van der Waals surface area contributed by atoms with Gasteiger partial charge in [0.1, 0.15) is 5.75 Å². The summed E-state index contributed by atoms with van der Waals surface area (Å²) < 4.78 is 5.13. The fourth-order valence-corrected chi connectivity index (χ4v) is 1.01. The van der Waals surface area contributed by atoms with E-state index in [9.17, 15) is 9.59 Å². The number of hydrogen-bond acceptors (Lipinski definition) is 3. The van der Waals surface area contributed by atoms with Gasteiger partial charge in [0.25, 0.3) is 5.91 Å². The van der Waals surface area contributed by atoms with Crippen LogP contribution in [0.25, 0.3) is 0 Å². The summed E-state index contributed by atoms with van der Waals surface area (Å²) in [6, 6.07) is 6.41. The smallest absolute Gasteiger partial charge is 0.316 e. The molecule has 1 aromatic rings.